The standard InChI is InChI=1S/C24H24F2N4O/c1-16(17-5-7-18(8-6-17)24(14-27)11-3-2-4-12-24)29-21(31)13-30-15-28-20-10-9-19(25)22(26)23(20)30/h5-10,15-16H,2-4,11-13H2,1H3,(H,29,31)/t16-/m0/s1. The molecule has 0 unspecified atom stereocenters. The lowest BCUT2D eigenvalue weighted by Crippen LogP contribution is -2.30. The van der Waals surface area contributed by atoms with Gasteiger partial charge in [0.1, 0.15) is 12.1 Å². The van der Waals surface area contributed by atoms with Gasteiger partial charge >= 0.3 is 0 Å². The fraction of sp³-hybridized carbons (Fsp3) is 0.375. The minimum atomic E-state index is -1.01. The van der Waals surface area contributed by atoms with Crippen LogP contribution in [0.4, 0.5) is 8.78 Å². The van der Waals surface area contributed by atoms with Gasteiger partial charge in [-0.05, 0) is 43.0 Å². The number of nitriles is 1. The van der Waals surface area contributed by atoms with Gasteiger partial charge in [0.2, 0.25) is 5.91 Å². The summed E-state index contributed by atoms with van der Waals surface area (Å²) >= 11 is 0. The highest BCUT2D eigenvalue weighted by Gasteiger charge is 2.33. The number of hydrogen-bond acceptors (Lipinski definition) is 3. The molecule has 1 saturated carbocycles. The van der Waals surface area contributed by atoms with E-state index in [0.29, 0.717) is 5.52 Å². The van der Waals surface area contributed by atoms with Crippen LogP contribution in [0.5, 0.6) is 0 Å². The Bertz CT molecular complexity index is 1140. The molecule has 1 aliphatic carbocycles. The van der Waals surface area contributed by atoms with Crippen molar-refractivity contribution in [2.24, 2.45) is 0 Å². The zero-order chi connectivity index (χ0) is 22.0. The van der Waals surface area contributed by atoms with Crippen molar-refractivity contribution < 1.29 is 13.6 Å². The van der Waals surface area contributed by atoms with Crippen LogP contribution in [0.3, 0.4) is 0 Å². The summed E-state index contributed by atoms with van der Waals surface area (Å²) in [6, 6.07) is 12.5. The molecule has 7 heteroatoms. The molecular weight excluding hydrogens is 398 g/mol. The maximum Gasteiger partial charge on any atom is 0.240 e. The number of fused-ring (bicyclic) bond motifs is 1. The van der Waals surface area contributed by atoms with Crippen LogP contribution in [0.25, 0.3) is 11.0 Å². The minimum Gasteiger partial charge on any atom is -0.348 e. The van der Waals surface area contributed by atoms with Crippen LogP contribution < -0.4 is 5.32 Å². The quantitative estimate of drug-likeness (QED) is 0.635. The molecule has 1 heterocycles. The van der Waals surface area contributed by atoms with E-state index in [9.17, 15) is 18.8 Å². The molecule has 31 heavy (non-hydrogen) atoms. The molecule has 1 N–H and O–H groups in total. The molecule has 0 saturated heterocycles. The molecular formula is C24H24F2N4O. The Morgan fingerprint density at radius 1 is 1.19 bits per heavy atom. The van der Waals surface area contributed by atoms with Gasteiger partial charge in [0.05, 0.1) is 29.4 Å². The topological polar surface area (TPSA) is 70.7 Å². The highest BCUT2D eigenvalue weighted by molar-refractivity contribution is 5.81. The average Bonchev–Trinajstić information content (AvgIpc) is 3.20. The van der Waals surface area contributed by atoms with Crippen LogP contribution in [-0.4, -0.2) is 15.5 Å². The lowest BCUT2D eigenvalue weighted by molar-refractivity contribution is -0.122. The number of carbonyl (C=O) groups is 1. The first-order valence-electron chi connectivity index (χ1n) is 10.5. The monoisotopic (exact) mass is 422 g/mol. The largest absolute Gasteiger partial charge is 0.348 e. The maximum atomic E-state index is 14.1. The predicted octanol–water partition coefficient (Wildman–Crippen LogP) is 4.92. The Balaban J connectivity index is 1.45. The van der Waals surface area contributed by atoms with Crippen molar-refractivity contribution in [2.75, 3.05) is 0 Å². The van der Waals surface area contributed by atoms with E-state index >= 15 is 0 Å². The van der Waals surface area contributed by atoms with Gasteiger partial charge in [0, 0.05) is 0 Å². The Morgan fingerprint density at radius 3 is 2.58 bits per heavy atom. The molecule has 0 spiro atoms. The molecule has 1 atom stereocenters. The second kappa shape index (κ2) is 8.46. The summed E-state index contributed by atoms with van der Waals surface area (Å²) in [5, 5.41) is 12.6. The summed E-state index contributed by atoms with van der Waals surface area (Å²) in [4.78, 5) is 16.6. The van der Waals surface area contributed by atoms with Crippen molar-refractivity contribution in [3.8, 4) is 6.07 Å². The number of imidazole rings is 1. The van der Waals surface area contributed by atoms with E-state index in [1.807, 2.05) is 31.2 Å². The highest BCUT2D eigenvalue weighted by Crippen LogP contribution is 2.39. The van der Waals surface area contributed by atoms with Gasteiger partial charge < -0.3 is 9.88 Å². The fourth-order valence-electron chi connectivity index (χ4n) is 4.45. The maximum absolute atomic E-state index is 14.1. The van der Waals surface area contributed by atoms with Gasteiger partial charge in [-0.15, -0.1) is 0 Å². The summed E-state index contributed by atoms with van der Waals surface area (Å²) < 4.78 is 29.0. The van der Waals surface area contributed by atoms with E-state index in [0.717, 1.165) is 42.9 Å². The number of rotatable bonds is 5. The Hall–Kier alpha value is -3.27. The molecule has 0 bridgehead atoms. The first kappa shape index (κ1) is 21.0. The predicted molar refractivity (Wildman–Crippen MR) is 113 cm³/mol. The molecule has 1 aromatic heterocycles. The second-order valence-electron chi connectivity index (χ2n) is 8.27. The summed E-state index contributed by atoms with van der Waals surface area (Å²) in [5.41, 5.74) is 1.80. The summed E-state index contributed by atoms with van der Waals surface area (Å²) in [6.45, 7) is 1.69. The SMILES string of the molecule is C[C@H](NC(=O)Cn1cnc2ccc(F)c(F)c21)c1ccc(C2(C#N)CCCCC2)cc1. The minimum absolute atomic E-state index is 0.0264. The molecule has 2 aromatic carbocycles. The van der Waals surface area contributed by atoms with Crippen LogP contribution in [0.1, 0.15) is 56.2 Å². The van der Waals surface area contributed by atoms with Gasteiger partial charge in [-0.1, -0.05) is 43.5 Å². The lowest BCUT2D eigenvalue weighted by atomic mass is 9.70. The summed E-state index contributed by atoms with van der Waals surface area (Å²) in [6.07, 6.45) is 6.39. The lowest BCUT2D eigenvalue weighted by Gasteiger charge is -2.31. The molecule has 4 rings (SSSR count). The van der Waals surface area contributed by atoms with Crippen LogP contribution in [0.2, 0.25) is 0 Å². The number of nitrogens with zero attached hydrogens (tertiary/aromatic N) is 3. The number of nitrogens with one attached hydrogen (secondary N) is 1. The molecule has 0 aliphatic heterocycles. The van der Waals surface area contributed by atoms with Crippen molar-refractivity contribution in [1.82, 2.24) is 14.9 Å². The van der Waals surface area contributed by atoms with Gasteiger partial charge in [-0.25, -0.2) is 13.8 Å². The van der Waals surface area contributed by atoms with Gasteiger partial charge in [0.25, 0.3) is 0 Å². The first-order valence-corrected chi connectivity index (χ1v) is 10.5. The average molecular weight is 422 g/mol. The Kier molecular flexibility index (Phi) is 5.73. The normalized spacial score (nSPS) is 16.6. The molecule has 1 fully saturated rings. The number of hydrogen-bond donors (Lipinski definition) is 1. The van der Waals surface area contributed by atoms with Crippen LogP contribution in [0, 0.1) is 23.0 Å². The summed E-state index contributed by atoms with van der Waals surface area (Å²) in [5.74, 6) is -2.32. The van der Waals surface area contributed by atoms with Crippen molar-refractivity contribution in [3.63, 3.8) is 0 Å². The van der Waals surface area contributed by atoms with E-state index in [2.05, 4.69) is 16.4 Å². The number of amides is 1. The first-order chi connectivity index (χ1) is 14.9. The van der Waals surface area contributed by atoms with Crippen molar-refractivity contribution in [3.05, 3.63) is 65.5 Å². The molecule has 0 radical (unpaired) electrons. The van der Waals surface area contributed by atoms with Crippen LogP contribution in [0.15, 0.2) is 42.7 Å². The number of aromatic nitrogens is 2. The third kappa shape index (κ3) is 4.02. The van der Waals surface area contributed by atoms with E-state index in [4.69, 9.17) is 0 Å². The Morgan fingerprint density at radius 2 is 1.90 bits per heavy atom. The molecule has 3 aromatic rings. The van der Waals surface area contributed by atoms with Crippen molar-refractivity contribution in [2.45, 2.75) is 57.0 Å². The molecule has 1 amide bonds. The number of benzene rings is 2. The van der Waals surface area contributed by atoms with E-state index in [1.165, 1.54) is 23.4 Å². The van der Waals surface area contributed by atoms with Crippen LogP contribution in [-0.2, 0) is 16.8 Å². The van der Waals surface area contributed by atoms with Crippen molar-refractivity contribution in [1.29, 1.82) is 5.26 Å². The zero-order valence-corrected chi connectivity index (χ0v) is 17.4. The zero-order valence-electron chi connectivity index (χ0n) is 17.4. The molecule has 1 aliphatic rings. The third-order valence-electron chi connectivity index (χ3n) is 6.25. The molecule has 160 valence electrons. The highest BCUT2D eigenvalue weighted by atomic mass is 19.2. The molecule has 5 nitrogen and oxygen atoms in total. The van der Waals surface area contributed by atoms with Gasteiger partial charge in [-0.3, -0.25) is 4.79 Å². The van der Waals surface area contributed by atoms with Gasteiger partial charge in [0.15, 0.2) is 11.6 Å². The fourth-order valence-corrected chi connectivity index (χ4v) is 4.45. The van der Waals surface area contributed by atoms with E-state index < -0.39 is 17.0 Å². The smallest absolute Gasteiger partial charge is 0.240 e. The summed E-state index contributed by atoms with van der Waals surface area (Å²) in [7, 11) is 0. The second-order valence-corrected chi connectivity index (χ2v) is 8.27. The van der Waals surface area contributed by atoms with E-state index in [1.54, 1.807) is 0 Å². The van der Waals surface area contributed by atoms with Crippen molar-refractivity contribution >= 4 is 16.9 Å². The van der Waals surface area contributed by atoms with Crippen LogP contribution >= 0.6 is 0 Å². The number of carbonyl (C=O) groups excluding carboxylic acids is 1. The Labute approximate surface area is 179 Å². The number of halogens is 2. The van der Waals surface area contributed by atoms with Gasteiger partial charge in [-0.2, -0.15) is 5.26 Å². The third-order valence-corrected chi connectivity index (χ3v) is 6.25. The van der Waals surface area contributed by atoms with E-state index in [-0.39, 0.29) is 24.0 Å².